The van der Waals surface area contributed by atoms with Crippen LogP contribution in [0.25, 0.3) is 22.3 Å². The fourth-order valence-corrected chi connectivity index (χ4v) is 3.98. The lowest BCUT2D eigenvalue weighted by molar-refractivity contribution is 0.432. The lowest BCUT2D eigenvalue weighted by Crippen LogP contribution is -2.23. The van der Waals surface area contributed by atoms with Crippen LogP contribution in [0.5, 0.6) is 0 Å². The van der Waals surface area contributed by atoms with Gasteiger partial charge in [0, 0.05) is 0 Å². The predicted molar refractivity (Wildman–Crippen MR) is 103 cm³/mol. The molecule has 0 nitrogen and oxygen atoms in total. The highest BCUT2D eigenvalue weighted by Crippen LogP contribution is 2.38. The Balaban J connectivity index is 1.67. The standard InChI is InChI=1S/C24H24/c1-24(2)16-6-9-22-17-21(14-15-23(22)24)20-12-10-19(11-13-20)18-7-4-3-5-8-18/h3-5,7-8,10-15,17H,6,9,16H2,1-2H3. The molecule has 0 saturated heterocycles. The average molecular weight is 312 g/mol. The Kier molecular flexibility index (Phi) is 3.76. The molecule has 0 bridgehead atoms. The lowest BCUT2D eigenvalue weighted by Gasteiger charge is -2.32. The molecule has 0 heteroatoms. The van der Waals surface area contributed by atoms with Gasteiger partial charge in [0.05, 0.1) is 0 Å². The average Bonchev–Trinajstić information content (AvgIpc) is 2.62. The lowest BCUT2D eigenvalue weighted by atomic mass is 9.72. The number of fused-ring (bicyclic) bond motifs is 1. The van der Waals surface area contributed by atoms with E-state index in [1.807, 2.05) is 0 Å². The second kappa shape index (κ2) is 5.94. The Morgan fingerprint density at radius 1 is 0.667 bits per heavy atom. The van der Waals surface area contributed by atoms with Crippen LogP contribution in [0.1, 0.15) is 37.8 Å². The molecule has 0 N–H and O–H groups in total. The summed E-state index contributed by atoms with van der Waals surface area (Å²) < 4.78 is 0. The van der Waals surface area contributed by atoms with Crippen LogP contribution in [0.15, 0.2) is 72.8 Å². The van der Waals surface area contributed by atoms with Gasteiger partial charge in [0.15, 0.2) is 0 Å². The van der Waals surface area contributed by atoms with Gasteiger partial charge in [-0.3, -0.25) is 0 Å². The highest BCUT2D eigenvalue weighted by Gasteiger charge is 2.27. The summed E-state index contributed by atoms with van der Waals surface area (Å²) in [7, 11) is 0. The van der Waals surface area contributed by atoms with Crippen molar-refractivity contribution in [2.24, 2.45) is 0 Å². The van der Waals surface area contributed by atoms with Crippen molar-refractivity contribution < 1.29 is 0 Å². The van der Waals surface area contributed by atoms with Gasteiger partial charge in [-0.05, 0) is 58.1 Å². The minimum Gasteiger partial charge on any atom is -0.0622 e. The minimum absolute atomic E-state index is 0.323. The van der Waals surface area contributed by atoms with Gasteiger partial charge in [0.2, 0.25) is 0 Å². The SMILES string of the molecule is CC1(C)CCCc2cc(-c3ccc(-c4ccccc4)cc3)ccc21. The van der Waals surface area contributed by atoms with Gasteiger partial charge in [-0.2, -0.15) is 0 Å². The molecule has 0 aliphatic heterocycles. The Morgan fingerprint density at radius 3 is 1.96 bits per heavy atom. The minimum atomic E-state index is 0.323. The van der Waals surface area contributed by atoms with E-state index in [0.717, 1.165) is 0 Å². The third-order valence-corrected chi connectivity index (χ3v) is 5.41. The van der Waals surface area contributed by atoms with Gasteiger partial charge in [-0.15, -0.1) is 0 Å². The predicted octanol–water partition coefficient (Wildman–Crippen LogP) is 6.63. The summed E-state index contributed by atoms with van der Waals surface area (Å²) in [5.41, 5.74) is 8.60. The molecule has 1 aliphatic carbocycles. The van der Waals surface area contributed by atoms with Crippen molar-refractivity contribution in [1.29, 1.82) is 0 Å². The van der Waals surface area contributed by atoms with Crippen molar-refractivity contribution in [2.75, 3.05) is 0 Å². The van der Waals surface area contributed by atoms with Crippen LogP contribution in [0.4, 0.5) is 0 Å². The number of benzene rings is 3. The molecule has 0 saturated carbocycles. The molecule has 0 fully saturated rings. The third kappa shape index (κ3) is 2.78. The Morgan fingerprint density at radius 2 is 1.25 bits per heavy atom. The van der Waals surface area contributed by atoms with Crippen molar-refractivity contribution >= 4 is 0 Å². The Labute approximate surface area is 145 Å². The highest BCUT2D eigenvalue weighted by atomic mass is 14.3. The normalized spacial score (nSPS) is 15.8. The van der Waals surface area contributed by atoms with Crippen LogP contribution in [0, 0.1) is 0 Å². The van der Waals surface area contributed by atoms with E-state index < -0.39 is 0 Å². The monoisotopic (exact) mass is 312 g/mol. The molecule has 0 atom stereocenters. The summed E-state index contributed by atoms with van der Waals surface area (Å²) in [5.74, 6) is 0. The van der Waals surface area contributed by atoms with Gasteiger partial charge in [0.25, 0.3) is 0 Å². The third-order valence-electron chi connectivity index (χ3n) is 5.41. The largest absolute Gasteiger partial charge is 0.0622 e. The molecular formula is C24H24. The maximum absolute atomic E-state index is 2.41. The van der Waals surface area contributed by atoms with Gasteiger partial charge in [-0.1, -0.05) is 86.6 Å². The molecule has 3 aromatic carbocycles. The van der Waals surface area contributed by atoms with Crippen LogP contribution >= 0.6 is 0 Å². The zero-order valence-electron chi connectivity index (χ0n) is 14.5. The zero-order valence-corrected chi connectivity index (χ0v) is 14.5. The molecule has 120 valence electrons. The number of hydrogen-bond donors (Lipinski definition) is 0. The summed E-state index contributed by atoms with van der Waals surface area (Å²) in [6, 6.07) is 26.6. The first-order chi connectivity index (χ1) is 11.6. The molecule has 3 aromatic rings. The number of rotatable bonds is 2. The van der Waals surface area contributed by atoms with E-state index in [1.54, 1.807) is 5.56 Å². The maximum atomic E-state index is 2.41. The number of aryl methyl sites for hydroxylation is 1. The smallest absolute Gasteiger partial charge is 0.0101 e. The molecule has 0 aromatic heterocycles. The van der Waals surface area contributed by atoms with Gasteiger partial charge in [-0.25, -0.2) is 0 Å². The van der Waals surface area contributed by atoms with E-state index >= 15 is 0 Å². The molecule has 0 unspecified atom stereocenters. The first-order valence-electron chi connectivity index (χ1n) is 8.93. The molecule has 0 heterocycles. The molecule has 0 spiro atoms. The van der Waals surface area contributed by atoms with Crippen LogP contribution < -0.4 is 0 Å². The number of hydrogen-bond acceptors (Lipinski definition) is 0. The van der Waals surface area contributed by atoms with E-state index in [1.165, 1.54) is 47.1 Å². The first-order valence-corrected chi connectivity index (χ1v) is 8.93. The van der Waals surface area contributed by atoms with Gasteiger partial charge < -0.3 is 0 Å². The van der Waals surface area contributed by atoms with Crippen molar-refractivity contribution in [1.82, 2.24) is 0 Å². The summed E-state index contributed by atoms with van der Waals surface area (Å²) in [4.78, 5) is 0. The van der Waals surface area contributed by atoms with E-state index in [-0.39, 0.29) is 0 Å². The van der Waals surface area contributed by atoms with Crippen LogP contribution in [-0.4, -0.2) is 0 Å². The van der Waals surface area contributed by atoms with E-state index in [9.17, 15) is 0 Å². The van der Waals surface area contributed by atoms with Crippen LogP contribution in [0.2, 0.25) is 0 Å². The fraction of sp³-hybridized carbons (Fsp3) is 0.250. The maximum Gasteiger partial charge on any atom is -0.0101 e. The summed E-state index contributed by atoms with van der Waals surface area (Å²) >= 11 is 0. The van der Waals surface area contributed by atoms with Gasteiger partial charge >= 0.3 is 0 Å². The van der Waals surface area contributed by atoms with E-state index in [0.29, 0.717) is 5.41 Å². The van der Waals surface area contributed by atoms with Crippen molar-refractivity contribution in [2.45, 2.75) is 38.5 Å². The van der Waals surface area contributed by atoms with Crippen LogP contribution in [0.3, 0.4) is 0 Å². The summed E-state index contributed by atoms with van der Waals surface area (Å²) in [6.45, 7) is 4.75. The van der Waals surface area contributed by atoms with Crippen molar-refractivity contribution in [3.05, 3.63) is 83.9 Å². The summed E-state index contributed by atoms with van der Waals surface area (Å²) in [6.07, 6.45) is 3.82. The van der Waals surface area contributed by atoms with Gasteiger partial charge in [0.1, 0.15) is 0 Å². The molecule has 24 heavy (non-hydrogen) atoms. The second-order valence-corrected chi connectivity index (χ2v) is 7.55. The van der Waals surface area contributed by atoms with Crippen molar-refractivity contribution in [3.8, 4) is 22.3 Å². The highest BCUT2D eigenvalue weighted by molar-refractivity contribution is 5.71. The Bertz CT molecular complexity index is 839. The summed E-state index contributed by atoms with van der Waals surface area (Å²) in [5, 5.41) is 0. The topological polar surface area (TPSA) is 0 Å². The zero-order chi connectivity index (χ0) is 16.6. The molecular weight excluding hydrogens is 288 g/mol. The molecule has 4 rings (SSSR count). The van der Waals surface area contributed by atoms with Crippen LogP contribution in [-0.2, 0) is 11.8 Å². The Hall–Kier alpha value is -2.34. The van der Waals surface area contributed by atoms with E-state index in [2.05, 4.69) is 86.6 Å². The first kappa shape index (κ1) is 15.2. The molecule has 1 aliphatic rings. The second-order valence-electron chi connectivity index (χ2n) is 7.55. The fourth-order valence-electron chi connectivity index (χ4n) is 3.98. The quantitative estimate of drug-likeness (QED) is 0.498. The van der Waals surface area contributed by atoms with E-state index in [4.69, 9.17) is 0 Å². The molecule has 0 radical (unpaired) electrons. The van der Waals surface area contributed by atoms with Crippen molar-refractivity contribution in [3.63, 3.8) is 0 Å². The molecule has 0 amide bonds.